The molecule has 0 radical (unpaired) electrons. The fraction of sp³-hybridized carbons (Fsp3) is 0.588. The molecule has 1 heterocycles. The van der Waals surface area contributed by atoms with E-state index in [0.29, 0.717) is 6.42 Å². The Hall–Kier alpha value is -1.06. The highest BCUT2D eigenvalue weighted by atomic mass is 35.5. The SMILES string of the molecule is CC(C)(C)CCC(=O)N1CCNCC1c1cccc(Cl)c1. The first-order valence-corrected chi connectivity index (χ1v) is 8.00. The lowest BCUT2D eigenvalue weighted by molar-refractivity contribution is -0.135. The quantitative estimate of drug-likeness (QED) is 0.924. The second kappa shape index (κ2) is 6.80. The third kappa shape index (κ3) is 4.72. The number of carbonyl (C=O) groups excluding carboxylic acids is 1. The van der Waals surface area contributed by atoms with Gasteiger partial charge in [-0.2, -0.15) is 0 Å². The van der Waals surface area contributed by atoms with Crippen LogP contribution in [0.25, 0.3) is 0 Å². The van der Waals surface area contributed by atoms with E-state index in [2.05, 4.69) is 26.1 Å². The van der Waals surface area contributed by atoms with Crippen LogP contribution in [-0.2, 0) is 4.79 Å². The lowest BCUT2D eigenvalue weighted by atomic mass is 9.90. The van der Waals surface area contributed by atoms with Crippen molar-refractivity contribution in [2.24, 2.45) is 5.41 Å². The van der Waals surface area contributed by atoms with Gasteiger partial charge in [-0.05, 0) is 29.5 Å². The van der Waals surface area contributed by atoms with Gasteiger partial charge in [0.05, 0.1) is 6.04 Å². The lowest BCUT2D eigenvalue weighted by Gasteiger charge is -2.37. The predicted octanol–water partition coefficient (Wildman–Crippen LogP) is 3.64. The van der Waals surface area contributed by atoms with Crippen LogP contribution in [0.4, 0.5) is 0 Å². The molecule has 1 aliphatic rings. The number of amides is 1. The van der Waals surface area contributed by atoms with Crippen molar-refractivity contribution in [1.82, 2.24) is 10.2 Å². The molecule has 0 aliphatic carbocycles. The second-order valence-electron chi connectivity index (χ2n) is 6.92. The summed E-state index contributed by atoms with van der Waals surface area (Å²) < 4.78 is 0. The van der Waals surface area contributed by atoms with E-state index < -0.39 is 0 Å². The zero-order valence-corrected chi connectivity index (χ0v) is 13.9. The highest BCUT2D eigenvalue weighted by Gasteiger charge is 2.28. The molecule has 1 aliphatic heterocycles. The van der Waals surface area contributed by atoms with Crippen LogP contribution in [0.1, 0.15) is 45.2 Å². The summed E-state index contributed by atoms with van der Waals surface area (Å²) in [4.78, 5) is 14.6. The zero-order valence-electron chi connectivity index (χ0n) is 13.2. The molecule has 4 heteroatoms. The average molecular weight is 309 g/mol. The monoisotopic (exact) mass is 308 g/mol. The Morgan fingerprint density at radius 2 is 2.19 bits per heavy atom. The first kappa shape index (κ1) is 16.3. The molecule has 3 nitrogen and oxygen atoms in total. The van der Waals surface area contributed by atoms with Crippen LogP contribution in [0.3, 0.4) is 0 Å². The summed E-state index contributed by atoms with van der Waals surface area (Å²) in [6.45, 7) is 8.94. The summed E-state index contributed by atoms with van der Waals surface area (Å²) in [6, 6.07) is 7.92. The van der Waals surface area contributed by atoms with Crippen molar-refractivity contribution in [3.8, 4) is 0 Å². The van der Waals surface area contributed by atoms with E-state index in [4.69, 9.17) is 11.6 Å². The van der Waals surface area contributed by atoms with Gasteiger partial charge in [0, 0.05) is 31.1 Å². The van der Waals surface area contributed by atoms with Crippen LogP contribution in [0.15, 0.2) is 24.3 Å². The lowest BCUT2D eigenvalue weighted by Crippen LogP contribution is -2.48. The molecule has 0 bridgehead atoms. The normalized spacial score (nSPS) is 19.6. The topological polar surface area (TPSA) is 32.3 Å². The van der Waals surface area contributed by atoms with Crippen LogP contribution in [0, 0.1) is 5.41 Å². The second-order valence-corrected chi connectivity index (χ2v) is 7.36. The number of rotatable bonds is 3. The van der Waals surface area contributed by atoms with E-state index in [-0.39, 0.29) is 17.4 Å². The maximum Gasteiger partial charge on any atom is 0.223 e. The Morgan fingerprint density at radius 1 is 1.43 bits per heavy atom. The molecule has 116 valence electrons. The van der Waals surface area contributed by atoms with E-state index in [1.54, 1.807) is 0 Å². The number of nitrogens with one attached hydrogen (secondary N) is 1. The van der Waals surface area contributed by atoms with Gasteiger partial charge in [0.15, 0.2) is 0 Å². The fourth-order valence-corrected chi connectivity index (χ4v) is 2.84. The number of hydrogen-bond donors (Lipinski definition) is 1. The van der Waals surface area contributed by atoms with Gasteiger partial charge in [0.25, 0.3) is 0 Å². The largest absolute Gasteiger partial charge is 0.333 e. The molecule has 0 saturated carbocycles. The summed E-state index contributed by atoms with van der Waals surface area (Å²) in [5.74, 6) is 0.247. The highest BCUT2D eigenvalue weighted by Crippen LogP contribution is 2.27. The molecule has 1 fully saturated rings. The number of hydrogen-bond acceptors (Lipinski definition) is 2. The zero-order chi connectivity index (χ0) is 15.5. The summed E-state index contributed by atoms with van der Waals surface area (Å²) in [5.41, 5.74) is 1.30. The molecule has 1 amide bonds. The van der Waals surface area contributed by atoms with Crippen LogP contribution in [0.2, 0.25) is 5.02 Å². The molecule has 1 aromatic rings. The Kier molecular flexibility index (Phi) is 5.28. The summed E-state index contributed by atoms with van der Waals surface area (Å²) in [6.07, 6.45) is 1.53. The van der Waals surface area contributed by atoms with Gasteiger partial charge >= 0.3 is 0 Å². The van der Waals surface area contributed by atoms with E-state index >= 15 is 0 Å². The average Bonchev–Trinajstić information content (AvgIpc) is 2.44. The molecular weight excluding hydrogens is 284 g/mol. The highest BCUT2D eigenvalue weighted by molar-refractivity contribution is 6.30. The van der Waals surface area contributed by atoms with Crippen LogP contribution in [0.5, 0.6) is 0 Å². The molecule has 0 aromatic heterocycles. The Balaban J connectivity index is 2.10. The first-order chi connectivity index (χ1) is 9.87. The van der Waals surface area contributed by atoms with E-state index in [1.165, 1.54) is 0 Å². The summed E-state index contributed by atoms with van der Waals surface area (Å²) in [7, 11) is 0. The smallest absolute Gasteiger partial charge is 0.223 e. The maximum atomic E-state index is 12.6. The van der Waals surface area contributed by atoms with Crippen LogP contribution < -0.4 is 5.32 Å². The van der Waals surface area contributed by atoms with Crippen molar-refractivity contribution < 1.29 is 4.79 Å². The van der Waals surface area contributed by atoms with Crippen LogP contribution >= 0.6 is 11.6 Å². The van der Waals surface area contributed by atoms with E-state index in [1.807, 2.05) is 29.2 Å². The van der Waals surface area contributed by atoms with Gasteiger partial charge in [-0.25, -0.2) is 0 Å². The van der Waals surface area contributed by atoms with Crippen molar-refractivity contribution in [1.29, 1.82) is 0 Å². The molecule has 1 atom stereocenters. The standard InChI is InChI=1S/C17H25ClN2O/c1-17(2,3)8-7-16(21)20-10-9-19-12-15(20)13-5-4-6-14(18)11-13/h4-6,11,15,19H,7-10,12H2,1-3H3. The van der Waals surface area contributed by atoms with Crippen molar-refractivity contribution in [2.75, 3.05) is 19.6 Å². The van der Waals surface area contributed by atoms with Gasteiger partial charge in [-0.1, -0.05) is 44.5 Å². The Morgan fingerprint density at radius 3 is 2.86 bits per heavy atom. The predicted molar refractivity (Wildman–Crippen MR) is 87.5 cm³/mol. The van der Waals surface area contributed by atoms with E-state index in [9.17, 15) is 4.79 Å². The number of piperazine rings is 1. The first-order valence-electron chi connectivity index (χ1n) is 7.62. The molecule has 2 rings (SSSR count). The third-order valence-electron chi connectivity index (χ3n) is 3.89. The van der Waals surface area contributed by atoms with Crippen molar-refractivity contribution in [3.05, 3.63) is 34.9 Å². The molecule has 1 saturated heterocycles. The fourth-order valence-electron chi connectivity index (χ4n) is 2.64. The van der Waals surface area contributed by atoms with Gasteiger partial charge < -0.3 is 10.2 Å². The molecule has 21 heavy (non-hydrogen) atoms. The molecule has 1 aromatic carbocycles. The number of nitrogens with zero attached hydrogens (tertiary/aromatic N) is 1. The Bertz CT molecular complexity index is 496. The van der Waals surface area contributed by atoms with E-state index in [0.717, 1.165) is 36.6 Å². The number of carbonyl (C=O) groups is 1. The molecule has 1 unspecified atom stereocenters. The van der Waals surface area contributed by atoms with Crippen LogP contribution in [-0.4, -0.2) is 30.4 Å². The number of halogens is 1. The summed E-state index contributed by atoms with van der Waals surface area (Å²) >= 11 is 6.09. The van der Waals surface area contributed by atoms with Crippen molar-refractivity contribution >= 4 is 17.5 Å². The molecule has 1 N–H and O–H groups in total. The van der Waals surface area contributed by atoms with Crippen molar-refractivity contribution in [2.45, 2.75) is 39.7 Å². The third-order valence-corrected chi connectivity index (χ3v) is 4.12. The minimum Gasteiger partial charge on any atom is -0.333 e. The molecule has 0 spiro atoms. The minimum atomic E-state index is 0.0879. The van der Waals surface area contributed by atoms with Gasteiger partial charge in [-0.3, -0.25) is 4.79 Å². The van der Waals surface area contributed by atoms with Gasteiger partial charge in [-0.15, -0.1) is 0 Å². The maximum absolute atomic E-state index is 12.6. The van der Waals surface area contributed by atoms with Gasteiger partial charge in [0.1, 0.15) is 0 Å². The number of benzene rings is 1. The Labute approximate surface area is 132 Å². The summed E-state index contributed by atoms with van der Waals surface area (Å²) in [5, 5.41) is 4.10. The minimum absolute atomic E-state index is 0.0879. The van der Waals surface area contributed by atoms with Crippen molar-refractivity contribution in [3.63, 3.8) is 0 Å². The molecular formula is C17H25ClN2O. The van der Waals surface area contributed by atoms with Gasteiger partial charge in [0.2, 0.25) is 5.91 Å².